The second kappa shape index (κ2) is 9.87. The lowest BCUT2D eigenvalue weighted by Crippen LogP contribution is -2.17. The van der Waals surface area contributed by atoms with Crippen molar-refractivity contribution >= 4 is 27.6 Å². The van der Waals surface area contributed by atoms with Crippen LogP contribution in [0.4, 0.5) is 11.4 Å². The number of aliphatic imine (C=N–C) groups is 1. The van der Waals surface area contributed by atoms with Crippen molar-refractivity contribution in [1.29, 1.82) is 0 Å². The smallest absolute Gasteiger partial charge is 0.280 e. The number of aromatic amines is 1. The highest BCUT2D eigenvalue weighted by atomic mass is 32.2. The molecule has 4 rings (SSSR count). The van der Waals surface area contributed by atoms with E-state index in [-0.39, 0.29) is 16.2 Å². The molecule has 0 aliphatic heterocycles. The second-order valence-corrected chi connectivity index (χ2v) is 10.3. The number of nitrogens with zero attached hydrogens (tertiary/aromatic N) is 2. The summed E-state index contributed by atoms with van der Waals surface area (Å²) in [5.41, 5.74) is 5.58. The van der Waals surface area contributed by atoms with Crippen LogP contribution in [-0.2, 0) is 10.0 Å². The molecule has 1 heterocycles. The Balaban J connectivity index is 1.63. The molecule has 186 valence electrons. The minimum Gasteiger partial charge on any atom is -0.494 e. The summed E-state index contributed by atoms with van der Waals surface area (Å²) >= 11 is 0. The van der Waals surface area contributed by atoms with Gasteiger partial charge in [0.05, 0.1) is 23.3 Å². The fourth-order valence-corrected chi connectivity index (χ4v) is 4.81. The number of anilines is 1. The Morgan fingerprint density at radius 3 is 2.44 bits per heavy atom. The zero-order valence-electron chi connectivity index (χ0n) is 20.8. The summed E-state index contributed by atoms with van der Waals surface area (Å²) in [6.45, 7) is 7.69. The molecule has 4 aromatic rings. The van der Waals surface area contributed by atoms with Crippen molar-refractivity contribution in [2.24, 2.45) is 4.99 Å². The fourth-order valence-electron chi connectivity index (χ4n) is 3.75. The summed E-state index contributed by atoms with van der Waals surface area (Å²) < 4.78 is 35.2. The normalized spacial score (nSPS) is 11.7. The summed E-state index contributed by atoms with van der Waals surface area (Å²) in [5.74, 6) is 0.265. The zero-order chi connectivity index (χ0) is 26.0. The number of ether oxygens (including phenoxy) is 1. The van der Waals surface area contributed by atoms with Gasteiger partial charge >= 0.3 is 0 Å². The average Bonchev–Trinajstić information content (AvgIpc) is 3.12. The number of hydrogen-bond donors (Lipinski definition) is 2. The maximum atomic E-state index is 13.1. The summed E-state index contributed by atoms with van der Waals surface area (Å²) in [4.78, 5) is 17.5. The predicted octanol–water partition coefficient (Wildman–Crippen LogP) is 4.96. The van der Waals surface area contributed by atoms with E-state index in [1.165, 1.54) is 30.1 Å². The van der Waals surface area contributed by atoms with E-state index in [0.717, 1.165) is 22.4 Å². The number of nitrogens with one attached hydrogen (secondary N) is 2. The van der Waals surface area contributed by atoms with Crippen LogP contribution < -0.4 is 15.0 Å². The first-order valence-electron chi connectivity index (χ1n) is 11.3. The summed E-state index contributed by atoms with van der Waals surface area (Å²) in [7, 11) is -2.40. The first-order valence-corrected chi connectivity index (χ1v) is 12.8. The van der Waals surface area contributed by atoms with Gasteiger partial charge in [-0.3, -0.25) is 19.6 Å². The van der Waals surface area contributed by atoms with E-state index in [1.54, 1.807) is 31.2 Å². The summed E-state index contributed by atoms with van der Waals surface area (Å²) in [6, 6.07) is 17.3. The molecule has 8 nitrogen and oxygen atoms in total. The van der Waals surface area contributed by atoms with Crippen molar-refractivity contribution < 1.29 is 13.2 Å². The number of aromatic nitrogens is 2. The third kappa shape index (κ3) is 5.11. The molecule has 0 spiro atoms. The van der Waals surface area contributed by atoms with Crippen molar-refractivity contribution in [3.63, 3.8) is 0 Å². The van der Waals surface area contributed by atoms with Crippen molar-refractivity contribution in [1.82, 2.24) is 9.78 Å². The van der Waals surface area contributed by atoms with Gasteiger partial charge < -0.3 is 4.74 Å². The highest BCUT2D eigenvalue weighted by Gasteiger charge is 2.17. The van der Waals surface area contributed by atoms with Crippen molar-refractivity contribution in [2.45, 2.75) is 32.6 Å². The molecule has 0 saturated heterocycles. The highest BCUT2D eigenvalue weighted by Crippen LogP contribution is 2.31. The molecule has 3 aromatic carbocycles. The monoisotopic (exact) mass is 504 g/mol. The Hall–Kier alpha value is -4.11. The first-order chi connectivity index (χ1) is 17.1. The number of benzene rings is 3. The molecule has 0 saturated carbocycles. The van der Waals surface area contributed by atoms with Crippen LogP contribution in [0, 0.1) is 27.7 Å². The Kier molecular flexibility index (Phi) is 6.85. The van der Waals surface area contributed by atoms with Gasteiger partial charge in [-0.2, -0.15) is 0 Å². The van der Waals surface area contributed by atoms with Crippen molar-refractivity contribution in [2.75, 3.05) is 11.8 Å². The van der Waals surface area contributed by atoms with Crippen molar-refractivity contribution in [3.8, 4) is 11.4 Å². The van der Waals surface area contributed by atoms with Gasteiger partial charge in [0.1, 0.15) is 11.4 Å². The van der Waals surface area contributed by atoms with Crippen LogP contribution in [0.1, 0.15) is 27.9 Å². The molecule has 0 amide bonds. The molecule has 2 N–H and O–H groups in total. The maximum Gasteiger partial charge on any atom is 0.280 e. The van der Waals surface area contributed by atoms with E-state index in [0.29, 0.717) is 22.6 Å². The lowest BCUT2D eigenvalue weighted by Gasteiger charge is -2.11. The molecule has 9 heteroatoms. The minimum atomic E-state index is -3.83. The molecule has 0 unspecified atom stereocenters. The quantitative estimate of drug-likeness (QED) is 0.347. The van der Waals surface area contributed by atoms with E-state index in [9.17, 15) is 13.2 Å². The number of methoxy groups -OCH3 is 1. The van der Waals surface area contributed by atoms with Crippen LogP contribution in [-0.4, -0.2) is 31.5 Å². The Labute approximate surface area is 210 Å². The molecule has 0 aliphatic rings. The van der Waals surface area contributed by atoms with E-state index in [2.05, 4.69) is 14.8 Å². The molecule has 0 aliphatic carbocycles. The number of rotatable bonds is 7. The van der Waals surface area contributed by atoms with Crippen LogP contribution >= 0.6 is 0 Å². The van der Waals surface area contributed by atoms with Crippen LogP contribution in [0.3, 0.4) is 0 Å². The molecule has 1 aromatic heterocycles. The molecule has 0 atom stereocenters. The lowest BCUT2D eigenvalue weighted by atomic mass is 10.1. The van der Waals surface area contributed by atoms with Gasteiger partial charge in [-0.25, -0.2) is 13.1 Å². The molecule has 0 bridgehead atoms. The van der Waals surface area contributed by atoms with Crippen LogP contribution in [0.5, 0.6) is 5.75 Å². The van der Waals surface area contributed by atoms with Gasteiger partial charge in [0.15, 0.2) is 0 Å². The lowest BCUT2D eigenvalue weighted by molar-refractivity contribution is 0.415. The molecule has 0 radical (unpaired) electrons. The number of H-pyrrole nitrogens is 1. The molecular formula is C27H28N4O4S. The first kappa shape index (κ1) is 25.0. The largest absolute Gasteiger partial charge is 0.494 e. The third-order valence-corrected chi connectivity index (χ3v) is 7.31. The second-order valence-electron chi connectivity index (χ2n) is 8.63. The van der Waals surface area contributed by atoms with Crippen LogP contribution in [0.2, 0.25) is 0 Å². The third-order valence-electron chi connectivity index (χ3n) is 5.93. The van der Waals surface area contributed by atoms with E-state index >= 15 is 0 Å². The fraction of sp³-hybridized carbons (Fsp3) is 0.185. The van der Waals surface area contributed by atoms with E-state index < -0.39 is 10.0 Å². The minimum absolute atomic E-state index is 0.0368. The highest BCUT2D eigenvalue weighted by molar-refractivity contribution is 7.92. The van der Waals surface area contributed by atoms with Gasteiger partial charge in [0.25, 0.3) is 15.6 Å². The molecular weight excluding hydrogens is 476 g/mol. The summed E-state index contributed by atoms with van der Waals surface area (Å²) in [5, 5.41) is 3.09. The van der Waals surface area contributed by atoms with Gasteiger partial charge in [-0.15, -0.1) is 0 Å². The topological polar surface area (TPSA) is 106 Å². The standard InChI is InChI=1S/C27H28N4O4S/c1-17-7-6-8-21(13-17)30-36(33,34)23-11-12-25(26(15-23)35-5)28-16-24-20(4)29-31(27(24)32)22-10-9-18(2)19(3)14-22/h6-16,29-30H,1-5H3. The number of sulfonamides is 1. The molecule has 36 heavy (non-hydrogen) atoms. The Morgan fingerprint density at radius 2 is 1.75 bits per heavy atom. The SMILES string of the molecule is COc1cc(S(=O)(=O)Nc2cccc(C)c2)ccc1N=Cc1c(C)[nH]n(-c2ccc(C)c(C)c2)c1=O. The van der Waals surface area contributed by atoms with Gasteiger partial charge in [-0.05, 0) is 80.8 Å². The average molecular weight is 505 g/mol. The maximum absolute atomic E-state index is 13.1. The molecule has 0 fully saturated rings. The van der Waals surface area contributed by atoms with E-state index in [4.69, 9.17) is 4.74 Å². The van der Waals surface area contributed by atoms with Crippen molar-refractivity contribution in [3.05, 3.63) is 99.0 Å². The van der Waals surface area contributed by atoms with E-state index in [1.807, 2.05) is 45.0 Å². The zero-order valence-corrected chi connectivity index (χ0v) is 21.6. The van der Waals surface area contributed by atoms with Gasteiger partial charge in [0, 0.05) is 23.7 Å². The number of hydrogen-bond acceptors (Lipinski definition) is 5. The van der Waals surface area contributed by atoms with Crippen LogP contribution in [0.15, 0.2) is 75.3 Å². The summed E-state index contributed by atoms with van der Waals surface area (Å²) in [6.07, 6.45) is 1.46. The van der Waals surface area contributed by atoms with Gasteiger partial charge in [0.2, 0.25) is 0 Å². The Bertz CT molecular complexity index is 1630. The predicted molar refractivity (Wildman–Crippen MR) is 143 cm³/mol. The Morgan fingerprint density at radius 1 is 0.972 bits per heavy atom. The van der Waals surface area contributed by atoms with Gasteiger partial charge in [-0.1, -0.05) is 18.2 Å². The van der Waals surface area contributed by atoms with Crippen LogP contribution in [0.25, 0.3) is 5.69 Å². The number of aryl methyl sites for hydroxylation is 4.